The van der Waals surface area contributed by atoms with E-state index in [9.17, 15) is 28.8 Å². The lowest BCUT2D eigenvalue weighted by Gasteiger charge is -2.36. The minimum Gasteiger partial charge on any atom is -0.477 e. The van der Waals surface area contributed by atoms with E-state index < -0.39 is 36.5 Å². The van der Waals surface area contributed by atoms with Gasteiger partial charge in [-0.15, -0.1) is 0 Å². The summed E-state index contributed by atoms with van der Waals surface area (Å²) >= 11 is 0. The summed E-state index contributed by atoms with van der Waals surface area (Å²) in [7, 11) is 2.91. The van der Waals surface area contributed by atoms with Crippen LogP contribution in [0.2, 0.25) is 0 Å². The monoisotopic (exact) mass is 1990 g/mol. The second-order valence-electron chi connectivity index (χ2n) is 36.7. The normalized spacial score (nSPS) is 15.6. The van der Waals surface area contributed by atoms with Crippen molar-refractivity contribution in [3.8, 4) is 57.2 Å². The van der Waals surface area contributed by atoms with Gasteiger partial charge < -0.3 is 79.5 Å². The number of nitrogens with one attached hydrogen (secondary N) is 5. The molecule has 5 amide bonds. The Bertz CT molecular complexity index is 6970. The van der Waals surface area contributed by atoms with Gasteiger partial charge >= 0.3 is 5.97 Å². The van der Waals surface area contributed by atoms with Crippen molar-refractivity contribution in [1.29, 1.82) is 0 Å². The first-order chi connectivity index (χ1) is 72.3. The number of nitrogens with zero attached hydrogens (tertiary/aromatic N) is 16. The van der Waals surface area contributed by atoms with E-state index in [4.69, 9.17) is 23.7 Å². The number of hydrogen-bond donors (Lipinski definition) is 5. The van der Waals surface area contributed by atoms with Crippen molar-refractivity contribution in [2.75, 3.05) is 77.9 Å². The average Bonchev–Trinajstić information content (AvgIpc) is 1.15. The Morgan fingerprint density at radius 3 is 0.865 bits per heavy atom. The molecule has 0 fully saturated rings. The molecule has 5 aliphatic rings. The second kappa shape index (κ2) is 49.5. The molecule has 10 aromatic carbocycles. The van der Waals surface area contributed by atoms with Gasteiger partial charge in [-0.05, 0) is 224 Å². The van der Waals surface area contributed by atoms with E-state index in [1.807, 2.05) is 276 Å². The third kappa shape index (κ3) is 26.8. The molecule has 0 saturated heterocycles. The van der Waals surface area contributed by atoms with E-state index in [0.29, 0.717) is 89.4 Å². The van der Waals surface area contributed by atoms with Crippen molar-refractivity contribution in [3.05, 3.63) is 393 Å². The summed E-state index contributed by atoms with van der Waals surface area (Å²) in [5, 5.41) is 35.6. The first kappa shape index (κ1) is 102. The number of fused-ring (bicyclic) bond motifs is 5. The Labute approximate surface area is 860 Å². The van der Waals surface area contributed by atoms with Gasteiger partial charge in [-0.25, -0.2) is 23.4 Å². The predicted molar refractivity (Wildman–Crippen MR) is 567 cm³/mol. The number of esters is 1. The highest BCUT2D eigenvalue weighted by Crippen LogP contribution is 2.41. The van der Waals surface area contributed by atoms with Gasteiger partial charge in [0, 0.05) is 120 Å². The third-order valence-corrected chi connectivity index (χ3v) is 25.2. The van der Waals surface area contributed by atoms with Crippen LogP contribution in [-0.2, 0) is 72.8 Å². The van der Waals surface area contributed by atoms with Gasteiger partial charge in [-0.3, -0.25) is 33.8 Å². The molecule has 6 aromatic heterocycles. The van der Waals surface area contributed by atoms with Crippen LogP contribution in [-0.4, -0.2) is 185 Å². The number of para-hydroxylation sites is 10. The van der Waals surface area contributed by atoms with E-state index >= 15 is 0 Å². The van der Waals surface area contributed by atoms with Crippen LogP contribution in [0.3, 0.4) is 0 Å². The van der Waals surface area contributed by atoms with Crippen LogP contribution in [0, 0.1) is 5.92 Å². The largest absolute Gasteiger partial charge is 0.477 e. The van der Waals surface area contributed by atoms with Crippen LogP contribution in [0.1, 0.15) is 81.0 Å². The molecule has 11 heterocycles. The average molecular weight is 1990 g/mol. The lowest BCUT2D eigenvalue weighted by Crippen LogP contribution is -2.51. The van der Waals surface area contributed by atoms with Crippen LogP contribution in [0.25, 0.3) is 28.4 Å². The molecular weight excluding hydrogens is 1870 g/mol. The van der Waals surface area contributed by atoms with Crippen molar-refractivity contribution in [2.45, 2.75) is 129 Å². The number of likely N-dealkylation sites (N-methyl/N-ethyl adjacent to an activating group) is 1. The fraction of sp³-hybridized carbons (Fsp3) is 0.252. The summed E-state index contributed by atoms with van der Waals surface area (Å²) in [5.41, 5.74) is 16.5. The number of amides is 5. The molecule has 33 nitrogen and oxygen atoms in total. The van der Waals surface area contributed by atoms with E-state index in [1.165, 1.54) is 12.7 Å². The summed E-state index contributed by atoms with van der Waals surface area (Å²) in [6.45, 7) is 16.3. The van der Waals surface area contributed by atoms with Gasteiger partial charge in [0.05, 0.1) is 109 Å². The quantitative estimate of drug-likeness (QED) is 0.0272. The van der Waals surface area contributed by atoms with Crippen molar-refractivity contribution in [3.63, 3.8) is 0 Å². The van der Waals surface area contributed by atoms with Crippen LogP contribution in [0.4, 0.5) is 28.4 Å². The van der Waals surface area contributed by atoms with Crippen LogP contribution >= 0.6 is 0 Å². The Hall–Kier alpha value is -17.8. The molecule has 0 aliphatic carbocycles. The van der Waals surface area contributed by atoms with E-state index in [-0.39, 0.29) is 48.2 Å². The minimum atomic E-state index is -0.729. The summed E-state index contributed by atoms with van der Waals surface area (Å²) in [6.07, 6.45) is 19.1. The number of methoxy groups -OCH3 is 1. The molecule has 6 atom stereocenters. The topological polar surface area (TPSA) is 336 Å². The molecular formula is C115H121N21O12. The Morgan fingerprint density at radius 2 is 0.608 bits per heavy atom. The number of carbonyl (C=O) groups excluding carboxylic acids is 6. The number of anilines is 5. The van der Waals surface area contributed by atoms with Gasteiger partial charge in [-0.2, -0.15) is 25.5 Å². The van der Waals surface area contributed by atoms with Gasteiger partial charge in [0.25, 0.3) is 29.5 Å². The maximum atomic E-state index is 13.1. The van der Waals surface area contributed by atoms with Gasteiger partial charge in [-0.1, -0.05) is 148 Å². The maximum absolute atomic E-state index is 13.1. The molecule has 5 aliphatic heterocycles. The van der Waals surface area contributed by atoms with Crippen LogP contribution < -0.4 is 74.8 Å². The number of rotatable bonds is 29. The lowest BCUT2D eigenvalue weighted by molar-refractivity contribution is -0.142. The van der Waals surface area contributed by atoms with Gasteiger partial charge in [0.2, 0.25) is 0 Å². The number of carbonyl (C=O) groups is 6. The molecule has 5 N–H and O–H groups in total. The molecule has 21 rings (SSSR count). The zero-order valence-electron chi connectivity index (χ0n) is 83.6. The molecule has 0 spiro atoms. The number of benzene rings is 10. The highest BCUT2D eigenvalue weighted by atomic mass is 16.5. The Morgan fingerprint density at radius 1 is 0.331 bits per heavy atom. The van der Waals surface area contributed by atoms with Crippen LogP contribution in [0.15, 0.2) is 359 Å². The maximum Gasteiger partial charge on any atom is 0.325 e. The minimum absolute atomic E-state index is 0.0361. The van der Waals surface area contributed by atoms with Crippen molar-refractivity contribution >= 4 is 63.9 Å². The molecule has 0 radical (unpaired) electrons. The van der Waals surface area contributed by atoms with Crippen molar-refractivity contribution in [2.24, 2.45) is 5.92 Å². The summed E-state index contributed by atoms with van der Waals surface area (Å²) in [5.74, 6) is 2.88. The first-order valence-electron chi connectivity index (χ1n) is 49.6. The molecule has 4 unspecified atom stereocenters. The fourth-order valence-electron chi connectivity index (χ4n) is 17.8. The van der Waals surface area contributed by atoms with Crippen molar-refractivity contribution in [1.82, 2.24) is 80.5 Å². The zero-order chi connectivity index (χ0) is 103. The summed E-state index contributed by atoms with van der Waals surface area (Å²) in [4.78, 5) is 89.5. The molecule has 0 saturated carbocycles. The Balaban J connectivity index is 0.000000126. The van der Waals surface area contributed by atoms with E-state index in [2.05, 4.69) is 186 Å². The number of pyridine rings is 1. The highest BCUT2D eigenvalue weighted by Gasteiger charge is 2.37. The molecule has 16 aromatic rings. The second-order valence-corrected chi connectivity index (χ2v) is 36.7. The van der Waals surface area contributed by atoms with Crippen molar-refractivity contribution < 1.29 is 57.2 Å². The molecule has 758 valence electrons. The molecule has 148 heavy (non-hydrogen) atoms. The SMILES string of the molecule is CC(C)NC(=O)C1CN(Cc2ccc(-n3cccn3)cc2)c2ccccc2O1.CC[C@H](CC(C)C)NC(=O)[C@H]1CN(Cc2ccc(-n3cccn3)cc2)c2ccccc2O1.CNC(=O)C1CN(Cc2ccc(-n3cccn3)cc2)c2ccccc2O1.COC(=O)CNC(=O)C1CN(Cc2ccc(-n3cccn3)cc2)c2ccccc2O1.O=C(NCc1ccccn1)C1CN(Cc2ccc(-n3cccn3)cc2)c2ccccc2O1. The van der Waals surface area contributed by atoms with Gasteiger partial charge in [0.15, 0.2) is 30.5 Å². The summed E-state index contributed by atoms with van der Waals surface area (Å²) in [6, 6.07) is 95.8. The van der Waals surface area contributed by atoms with E-state index in [0.717, 1.165) is 115 Å². The smallest absolute Gasteiger partial charge is 0.325 e. The number of aromatic nitrogens is 11. The third-order valence-electron chi connectivity index (χ3n) is 25.2. The number of hydrogen-bond acceptors (Lipinski definition) is 23. The highest BCUT2D eigenvalue weighted by molar-refractivity contribution is 5.88. The first-order valence-corrected chi connectivity index (χ1v) is 49.6. The molecule has 33 heteroatoms. The van der Waals surface area contributed by atoms with E-state index in [1.54, 1.807) is 48.9 Å². The predicted octanol–water partition coefficient (Wildman–Crippen LogP) is 15.4. The fourth-order valence-corrected chi connectivity index (χ4v) is 17.8. The standard InChI is InChI=1S/C26H32N4O2.C25H23N5O2.C22H22N4O4.C22H24N4O2.C20H20N4O2/c1-4-21(16-19(2)3)28-26(31)25-18-29(23-8-5-6-9-24(23)32-25)17-20-10-12-22(13-11-20)30-15-7-14-27-30;31-25(27-16-20-6-3-4-13-26-20)24-18-29(22-7-1-2-8-23(22)32-24)17-19-9-11-21(12-10-19)30-15-5-14-28-30;1-29-21(27)13-23-22(28)20-15-25(18-5-2-3-6-19(18)30-20)14-16-7-9-17(10-8-16)26-12-4-11-24-26;1-16(2)24-22(27)21-15-25(19-6-3-4-7-20(19)28-21)14-17-8-10-18(11-9-17)26-13-5-12-23-26;1-21-20(25)19-14-23(17-5-2-3-6-18(17)26-19)13-15-7-9-16(10-8-15)24-12-4-11-22-24/h5-15,19,21,25H,4,16-18H2,1-3H3,(H,28,31);1-15,24H,16-18H2,(H,27,31);2-12,20H,13-15H2,1H3,(H,23,28);3-13,16,21H,14-15H2,1-2H3,(H,24,27);2-12,19H,13-14H2,1H3,(H,21,25)/t21-,25-;;;;/m1..../s1. The Kier molecular flexibility index (Phi) is 34.0. The van der Waals surface area contributed by atoms with Crippen LogP contribution in [0.5, 0.6) is 28.7 Å². The zero-order valence-corrected chi connectivity index (χ0v) is 83.6. The number of ether oxygens (including phenoxy) is 6. The lowest BCUT2D eigenvalue weighted by atomic mass is 10.0. The molecule has 0 bridgehead atoms. The summed E-state index contributed by atoms with van der Waals surface area (Å²) < 4.78 is 43.6. The van der Waals surface area contributed by atoms with Gasteiger partial charge in [0.1, 0.15) is 35.3 Å².